The van der Waals surface area contributed by atoms with Crippen LogP contribution in [0.15, 0.2) is 23.5 Å². The predicted octanol–water partition coefficient (Wildman–Crippen LogP) is 1.20. The summed E-state index contributed by atoms with van der Waals surface area (Å²) in [5, 5.41) is 11.2. The Labute approximate surface area is 112 Å². The van der Waals surface area contributed by atoms with E-state index in [4.69, 9.17) is 10.9 Å². The first-order valence-corrected chi connectivity index (χ1v) is 5.51. The first kappa shape index (κ1) is 15.7. The second-order valence-corrected chi connectivity index (χ2v) is 4.01. The summed E-state index contributed by atoms with van der Waals surface area (Å²) < 4.78 is 36.2. The summed E-state index contributed by atoms with van der Waals surface area (Å²) in [5.41, 5.74) is 5.59. The number of carbonyl (C=O) groups is 1. The number of rotatable bonds is 4. The molecular weight excluding hydrogens is 277 g/mol. The molecule has 0 atom stereocenters. The first-order chi connectivity index (χ1) is 9.24. The molecule has 0 saturated carbocycles. The van der Waals surface area contributed by atoms with E-state index in [-0.39, 0.29) is 11.5 Å². The maximum Gasteiger partial charge on any atom is 0.390 e. The van der Waals surface area contributed by atoms with Crippen LogP contribution in [0.2, 0.25) is 0 Å². The molecule has 0 aliphatic heterocycles. The van der Waals surface area contributed by atoms with E-state index >= 15 is 0 Å². The summed E-state index contributed by atoms with van der Waals surface area (Å²) in [6.45, 7) is -0.452. The van der Waals surface area contributed by atoms with Crippen molar-refractivity contribution in [3.05, 3.63) is 29.6 Å². The van der Waals surface area contributed by atoms with E-state index in [2.05, 4.69) is 10.1 Å². The lowest BCUT2D eigenvalue weighted by Gasteiger charge is -2.17. The number of hydrogen-bond acceptors (Lipinski definition) is 4. The van der Waals surface area contributed by atoms with Crippen LogP contribution in [0.25, 0.3) is 0 Å². The smallest absolute Gasteiger partial charge is 0.390 e. The standard InChI is InChI=1S/C11H13F3N4O2/c1-18(5-4-11(12,13)14)10(19)8-3-2-7(6-16-8)9(15)17-20/h2-3,6,20H,4-5H2,1H3,(H2,15,17). The number of halogens is 3. The Morgan fingerprint density at radius 1 is 1.50 bits per heavy atom. The van der Waals surface area contributed by atoms with Gasteiger partial charge < -0.3 is 15.8 Å². The minimum absolute atomic E-state index is 0.0239. The molecule has 0 aliphatic carbocycles. The van der Waals surface area contributed by atoms with E-state index in [1.807, 2.05) is 0 Å². The molecule has 1 aromatic heterocycles. The van der Waals surface area contributed by atoms with Crippen molar-refractivity contribution in [1.29, 1.82) is 0 Å². The highest BCUT2D eigenvalue weighted by Crippen LogP contribution is 2.19. The Morgan fingerprint density at radius 2 is 2.15 bits per heavy atom. The van der Waals surface area contributed by atoms with Crippen LogP contribution in [0, 0.1) is 0 Å². The number of hydrogen-bond donors (Lipinski definition) is 2. The highest BCUT2D eigenvalue weighted by molar-refractivity contribution is 5.98. The molecule has 3 N–H and O–H groups in total. The van der Waals surface area contributed by atoms with Crippen molar-refractivity contribution < 1.29 is 23.2 Å². The minimum Gasteiger partial charge on any atom is -0.409 e. The van der Waals surface area contributed by atoms with E-state index in [1.165, 1.54) is 25.4 Å². The van der Waals surface area contributed by atoms with Crippen molar-refractivity contribution in [2.24, 2.45) is 10.9 Å². The number of pyridine rings is 1. The van der Waals surface area contributed by atoms with Crippen molar-refractivity contribution in [3.63, 3.8) is 0 Å². The van der Waals surface area contributed by atoms with Gasteiger partial charge in [0, 0.05) is 25.4 Å². The highest BCUT2D eigenvalue weighted by Gasteiger charge is 2.28. The first-order valence-electron chi connectivity index (χ1n) is 5.51. The van der Waals surface area contributed by atoms with E-state index in [0.29, 0.717) is 5.56 Å². The van der Waals surface area contributed by atoms with Gasteiger partial charge in [-0.2, -0.15) is 13.2 Å². The second-order valence-electron chi connectivity index (χ2n) is 4.01. The Bertz CT molecular complexity index is 499. The fraction of sp³-hybridized carbons (Fsp3) is 0.364. The monoisotopic (exact) mass is 290 g/mol. The lowest BCUT2D eigenvalue weighted by atomic mass is 10.2. The third-order valence-corrected chi connectivity index (χ3v) is 2.46. The topological polar surface area (TPSA) is 91.8 Å². The van der Waals surface area contributed by atoms with E-state index < -0.39 is 25.0 Å². The molecule has 0 aliphatic rings. The van der Waals surface area contributed by atoms with Crippen LogP contribution >= 0.6 is 0 Å². The van der Waals surface area contributed by atoms with Gasteiger partial charge >= 0.3 is 6.18 Å². The summed E-state index contributed by atoms with van der Waals surface area (Å²) in [7, 11) is 1.26. The quantitative estimate of drug-likeness (QED) is 0.377. The number of aromatic nitrogens is 1. The van der Waals surface area contributed by atoms with Gasteiger partial charge in [0.2, 0.25) is 0 Å². The molecule has 1 amide bonds. The molecule has 0 spiro atoms. The molecule has 0 radical (unpaired) electrons. The van der Waals surface area contributed by atoms with Crippen LogP contribution in [-0.4, -0.2) is 46.6 Å². The number of amides is 1. The molecule has 0 bridgehead atoms. The molecule has 0 fully saturated rings. The van der Waals surface area contributed by atoms with Gasteiger partial charge in [-0.15, -0.1) is 0 Å². The molecule has 1 rings (SSSR count). The van der Waals surface area contributed by atoms with E-state index in [1.54, 1.807) is 0 Å². The van der Waals surface area contributed by atoms with Gasteiger partial charge in [-0.1, -0.05) is 5.16 Å². The molecule has 1 heterocycles. The number of oxime groups is 1. The Kier molecular flexibility index (Phi) is 4.89. The zero-order chi connectivity index (χ0) is 15.3. The summed E-state index contributed by atoms with van der Waals surface area (Å²) in [4.78, 5) is 16.5. The number of amidine groups is 1. The third-order valence-electron chi connectivity index (χ3n) is 2.46. The lowest BCUT2D eigenvalue weighted by Crippen LogP contribution is -2.31. The van der Waals surface area contributed by atoms with Crippen molar-refractivity contribution in [2.45, 2.75) is 12.6 Å². The average molecular weight is 290 g/mol. The summed E-state index contributed by atoms with van der Waals surface area (Å²) in [6.07, 6.45) is -4.21. The van der Waals surface area contributed by atoms with Gasteiger partial charge in [-0.3, -0.25) is 9.78 Å². The number of carbonyl (C=O) groups excluding carboxylic acids is 1. The maximum atomic E-state index is 12.1. The minimum atomic E-state index is -4.32. The zero-order valence-electron chi connectivity index (χ0n) is 10.6. The van der Waals surface area contributed by atoms with Crippen molar-refractivity contribution >= 4 is 11.7 Å². The molecule has 0 saturated heterocycles. The Morgan fingerprint density at radius 3 is 2.60 bits per heavy atom. The van der Waals surface area contributed by atoms with Crippen LogP contribution in [0.3, 0.4) is 0 Å². The van der Waals surface area contributed by atoms with Gasteiger partial charge in [0.05, 0.1) is 6.42 Å². The summed E-state index contributed by atoms with van der Waals surface area (Å²) >= 11 is 0. The SMILES string of the molecule is CN(CCC(F)(F)F)C(=O)c1ccc(C(N)=NO)cn1. The fourth-order valence-corrected chi connectivity index (χ4v) is 1.32. The molecule has 20 heavy (non-hydrogen) atoms. The normalized spacial score (nSPS) is 12.3. The Balaban J connectivity index is 2.72. The van der Waals surface area contributed by atoms with Crippen molar-refractivity contribution in [3.8, 4) is 0 Å². The molecule has 1 aromatic rings. The number of nitrogens with two attached hydrogens (primary N) is 1. The number of alkyl halides is 3. The van der Waals surface area contributed by atoms with Crippen LogP contribution in [-0.2, 0) is 0 Å². The average Bonchev–Trinajstić information content (AvgIpc) is 2.42. The second kappa shape index (κ2) is 6.22. The fourth-order valence-electron chi connectivity index (χ4n) is 1.32. The zero-order valence-corrected chi connectivity index (χ0v) is 10.6. The van der Waals surface area contributed by atoms with Crippen LogP contribution < -0.4 is 5.73 Å². The summed E-state index contributed by atoms with van der Waals surface area (Å²) in [5.74, 6) is -0.817. The van der Waals surface area contributed by atoms with Gasteiger partial charge in [-0.25, -0.2) is 0 Å². The van der Waals surface area contributed by atoms with Gasteiger partial charge in [-0.05, 0) is 12.1 Å². The van der Waals surface area contributed by atoms with Crippen LogP contribution in [0.5, 0.6) is 0 Å². The van der Waals surface area contributed by atoms with Crippen molar-refractivity contribution in [2.75, 3.05) is 13.6 Å². The van der Waals surface area contributed by atoms with E-state index in [0.717, 1.165) is 4.90 Å². The van der Waals surface area contributed by atoms with E-state index in [9.17, 15) is 18.0 Å². The molecule has 0 unspecified atom stereocenters. The van der Waals surface area contributed by atoms with Gasteiger partial charge in [0.25, 0.3) is 5.91 Å². The highest BCUT2D eigenvalue weighted by atomic mass is 19.4. The summed E-state index contributed by atoms with van der Waals surface area (Å²) in [6, 6.07) is 2.67. The van der Waals surface area contributed by atoms with Crippen molar-refractivity contribution in [1.82, 2.24) is 9.88 Å². The Hall–Kier alpha value is -2.32. The van der Waals surface area contributed by atoms with Gasteiger partial charge in [0.1, 0.15) is 5.69 Å². The molecule has 9 heteroatoms. The predicted molar refractivity (Wildman–Crippen MR) is 64.4 cm³/mol. The van der Waals surface area contributed by atoms with Gasteiger partial charge in [0.15, 0.2) is 5.84 Å². The molecule has 6 nitrogen and oxygen atoms in total. The molecule has 110 valence electrons. The lowest BCUT2D eigenvalue weighted by molar-refractivity contribution is -0.136. The van der Waals surface area contributed by atoms with Crippen LogP contribution in [0.1, 0.15) is 22.5 Å². The largest absolute Gasteiger partial charge is 0.409 e. The third kappa shape index (κ3) is 4.41. The maximum absolute atomic E-state index is 12.1. The number of nitrogens with zero attached hydrogens (tertiary/aromatic N) is 3. The molecular formula is C11H13F3N4O2. The molecule has 0 aromatic carbocycles. The van der Waals surface area contributed by atoms with Crippen LogP contribution in [0.4, 0.5) is 13.2 Å².